The van der Waals surface area contributed by atoms with Crippen molar-refractivity contribution < 1.29 is 18.8 Å². The van der Waals surface area contributed by atoms with E-state index in [0.717, 1.165) is 41.8 Å². The van der Waals surface area contributed by atoms with E-state index in [1.165, 1.54) is 0 Å². The lowest BCUT2D eigenvalue weighted by Crippen LogP contribution is -2.43. The van der Waals surface area contributed by atoms with Gasteiger partial charge in [-0.15, -0.1) is 0 Å². The normalized spacial score (nSPS) is 16.9. The molecule has 1 saturated heterocycles. The number of ether oxygens (including phenoxy) is 2. The maximum atomic E-state index is 13.1. The highest BCUT2D eigenvalue weighted by Crippen LogP contribution is 2.31. The standard InChI is InChI=1S/C28H36N4O4/c1-5-34-24-14-13-21(16-25(24)35-6-2)20(4)29-28(33)22-11-9-15-32(17-22)18-26-30-27(31-36-26)23-12-8-7-10-19(23)3/h7-8,10,12-14,16,20,22H,5-6,9,11,15,17-18H2,1-4H3,(H,29,33). The number of carbonyl (C=O) groups excluding carboxylic acids is 1. The number of benzene rings is 2. The Morgan fingerprint density at radius 3 is 2.72 bits per heavy atom. The monoisotopic (exact) mass is 492 g/mol. The zero-order chi connectivity index (χ0) is 25.5. The first-order chi connectivity index (χ1) is 17.5. The number of rotatable bonds is 10. The minimum atomic E-state index is -0.143. The quantitative estimate of drug-likeness (QED) is 0.429. The van der Waals surface area contributed by atoms with Gasteiger partial charge in [0, 0.05) is 12.1 Å². The van der Waals surface area contributed by atoms with E-state index in [9.17, 15) is 4.79 Å². The zero-order valence-electron chi connectivity index (χ0n) is 21.6. The molecule has 0 aliphatic carbocycles. The van der Waals surface area contributed by atoms with Crippen LogP contribution in [0.25, 0.3) is 11.4 Å². The Bertz CT molecular complexity index is 1160. The van der Waals surface area contributed by atoms with Crippen LogP contribution in [-0.2, 0) is 11.3 Å². The second-order valence-corrected chi connectivity index (χ2v) is 9.20. The fourth-order valence-corrected chi connectivity index (χ4v) is 4.61. The van der Waals surface area contributed by atoms with Crippen LogP contribution in [0.5, 0.6) is 11.5 Å². The first-order valence-electron chi connectivity index (χ1n) is 12.8. The predicted molar refractivity (Wildman–Crippen MR) is 138 cm³/mol. The molecule has 1 aliphatic heterocycles. The average molecular weight is 493 g/mol. The molecule has 2 atom stereocenters. The van der Waals surface area contributed by atoms with Gasteiger partial charge in [-0.25, -0.2) is 0 Å². The molecule has 1 aromatic heterocycles. The molecule has 0 saturated carbocycles. The fourth-order valence-electron chi connectivity index (χ4n) is 4.61. The van der Waals surface area contributed by atoms with Crippen LogP contribution in [0.4, 0.5) is 0 Å². The van der Waals surface area contributed by atoms with E-state index in [4.69, 9.17) is 14.0 Å². The summed E-state index contributed by atoms with van der Waals surface area (Å²) in [6, 6.07) is 13.7. The van der Waals surface area contributed by atoms with Gasteiger partial charge >= 0.3 is 0 Å². The summed E-state index contributed by atoms with van der Waals surface area (Å²) < 4.78 is 16.9. The lowest BCUT2D eigenvalue weighted by atomic mass is 9.96. The third-order valence-corrected chi connectivity index (χ3v) is 6.52. The summed E-state index contributed by atoms with van der Waals surface area (Å²) in [5.41, 5.74) is 3.06. The summed E-state index contributed by atoms with van der Waals surface area (Å²) >= 11 is 0. The van der Waals surface area contributed by atoms with E-state index < -0.39 is 0 Å². The maximum Gasteiger partial charge on any atom is 0.241 e. The fraction of sp³-hybridized carbons (Fsp3) is 0.464. The molecule has 192 valence electrons. The van der Waals surface area contributed by atoms with E-state index in [2.05, 4.69) is 20.4 Å². The molecule has 1 amide bonds. The van der Waals surface area contributed by atoms with Crippen LogP contribution >= 0.6 is 0 Å². The van der Waals surface area contributed by atoms with Gasteiger partial charge < -0.3 is 19.3 Å². The van der Waals surface area contributed by atoms with Crippen LogP contribution in [-0.4, -0.2) is 47.3 Å². The molecule has 2 aromatic carbocycles. The maximum absolute atomic E-state index is 13.1. The van der Waals surface area contributed by atoms with Crippen LogP contribution in [0.2, 0.25) is 0 Å². The molecule has 0 bridgehead atoms. The van der Waals surface area contributed by atoms with Gasteiger partial charge in [0.2, 0.25) is 17.6 Å². The van der Waals surface area contributed by atoms with E-state index >= 15 is 0 Å². The Hall–Kier alpha value is -3.39. The van der Waals surface area contributed by atoms with Crippen molar-refractivity contribution in [2.45, 2.75) is 53.1 Å². The van der Waals surface area contributed by atoms with Crippen molar-refractivity contribution in [2.75, 3.05) is 26.3 Å². The van der Waals surface area contributed by atoms with Crippen LogP contribution in [0.3, 0.4) is 0 Å². The minimum Gasteiger partial charge on any atom is -0.490 e. The van der Waals surface area contributed by atoms with E-state index in [-0.39, 0.29) is 17.9 Å². The molecule has 0 spiro atoms. The van der Waals surface area contributed by atoms with E-state index in [1.807, 2.05) is 70.2 Å². The number of hydrogen-bond donors (Lipinski definition) is 1. The van der Waals surface area contributed by atoms with Crippen molar-refractivity contribution in [3.05, 3.63) is 59.5 Å². The predicted octanol–water partition coefficient (Wildman–Crippen LogP) is 4.93. The van der Waals surface area contributed by atoms with Gasteiger partial charge in [-0.05, 0) is 70.3 Å². The van der Waals surface area contributed by atoms with Crippen LogP contribution in [0.15, 0.2) is 47.0 Å². The summed E-state index contributed by atoms with van der Waals surface area (Å²) in [5.74, 6) is 2.56. The summed E-state index contributed by atoms with van der Waals surface area (Å²) in [6.45, 7) is 11.1. The van der Waals surface area contributed by atoms with Crippen LogP contribution in [0, 0.1) is 12.8 Å². The van der Waals surface area contributed by atoms with Gasteiger partial charge in [-0.3, -0.25) is 9.69 Å². The number of aryl methyl sites for hydroxylation is 1. The molecule has 2 heterocycles. The molecular weight excluding hydrogens is 456 g/mol. The SMILES string of the molecule is CCOc1ccc(C(C)NC(=O)C2CCCN(Cc3nc(-c4ccccc4C)no3)C2)cc1OCC. The third kappa shape index (κ3) is 6.23. The second-order valence-electron chi connectivity index (χ2n) is 9.20. The third-order valence-electron chi connectivity index (χ3n) is 6.52. The number of aromatic nitrogens is 2. The second kappa shape index (κ2) is 12.0. The Kier molecular flexibility index (Phi) is 8.59. The number of nitrogens with one attached hydrogen (secondary N) is 1. The molecule has 8 heteroatoms. The summed E-state index contributed by atoms with van der Waals surface area (Å²) in [5, 5.41) is 7.36. The Labute approximate surface area is 213 Å². The molecule has 8 nitrogen and oxygen atoms in total. The molecule has 1 aliphatic rings. The first-order valence-corrected chi connectivity index (χ1v) is 12.8. The summed E-state index contributed by atoms with van der Waals surface area (Å²) in [7, 11) is 0. The Balaban J connectivity index is 1.35. The van der Waals surface area contributed by atoms with E-state index in [1.54, 1.807) is 0 Å². The van der Waals surface area contributed by atoms with Gasteiger partial charge in [0.25, 0.3) is 0 Å². The van der Waals surface area contributed by atoms with Crippen molar-refractivity contribution in [3.8, 4) is 22.9 Å². The van der Waals surface area contributed by atoms with Gasteiger partial charge in [0.05, 0.1) is 31.7 Å². The Morgan fingerprint density at radius 1 is 1.17 bits per heavy atom. The molecule has 4 rings (SSSR count). The molecule has 1 N–H and O–H groups in total. The highest BCUT2D eigenvalue weighted by molar-refractivity contribution is 5.79. The molecule has 2 unspecified atom stereocenters. The molecule has 36 heavy (non-hydrogen) atoms. The molecule has 0 radical (unpaired) electrons. The number of likely N-dealkylation sites (tertiary alicyclic amines) is 1. The highest BCUT2D eigenvalue weighted by Gasteiger charge is 2.28. The number of hydrogen-bond acceptors (Lipinski definition) is 7. The van der Waals surface area contributed by atoms with Crippen molar-refractivity contribution in [1.29, 1.82) is 0 Å². The van der Waals surface area contributed by atoms with Crippen molar-refractivity contribution in [2.24, 2.45) is 5.92 Å². The summed E-state index contributed by atoms with van der Waals surface area (Å²) in [6.07, 6.45) is 1.81. The van der Waals surface area contributed by atoms with E-state index in [0.29, 0.717) is 43.8 Å². The lowest BCUT2D eigenvalue weighted by molar-refractivity contribution is -0.127. The average Bonchev–Trinajstić information content (AvgIpc) is 3.34. The topological polar surface area (TPSA) is 89.7 Å². The van der Waals surface area contributed by atoms with Crippen molar-refractivity contribution in [3.63, 3.8) is 0 Å². The molecular formula is C28H36N4O4. The first kappa shape index (κ1) is 25.7. The lowest BCUT2D eigenvalue weighted by Gasteiger charge is -2.31. The number of carbonyl (C=O) groups is 1. The van der Waals surface area contributed by atoms with Gasteiger partial charge in [0.1, 0.15) is 0 Å². The van der Waals surface area contributed by atoms with Gasteiger partial charge in [-0.1, -0.05) is 35.5 Å². The number of piperidine rings is 1. The summed E-state index contributed by atoms with van der Waals surface area (Å²) in [4.78, 5) is 20.0. The highest BCUT2D eigenvalue weighted by atomic mass is 16.5. The van der Waals surface area contributed by atoms with Crippen LogP contribution < -0.4 is 14.8 Å². The zero-order valence-corrected chi connectivity index (χ0v) is 21.6. The Morgan fingerprint density at radius 2 is 1.94 bits per heavy atom. The van der Waals surface area contributed by atoms with Crippen LogP contribution in [0.1, 0.15) is 56.7 Å². The smallest absolute Gasteiger partial charge is 0.241 e. The number of amides is 1. The minimum absolute atomic E-state index is 0.0603. The molecule has 3 aromatic rings. The number of nitrogens with zero attached hydrogens (tertiary/aromatic N) is 3. The van der Waals surface area contributed by atoms with Gasteiger partial charge in [0.15, 0.2) is 11.5 Å². The van der Waals surface area contributed by atoms with Gasteiger partial charge in [-0.2, -0.15) is 4.98 Å². The largest absolute Gasteiger partial charge is 0.490 e. The van der Waals surface area contributed by atoms with Crippen molar-refractivity contribution >= 4 is 5.91 Å². The molecule has 1 fully saturated rings. The van der Waals surface area contributed by atoms with Crippen molar-refractivity contribution in [1.82, 2.24) is 20.4 Å².